The fourth-order valence-electron chi connectivity index (χ4n) is 2.09. The van der Waals surface area contributed by atoms with Crippen LogP contribution in [0.2, 0.25) is 0 Å². The maximum Gasteiger partial charge on any atom is 0.150 e. The fourth-order valence-corrected chi connectivity index (χ4v) is 2.09. The molecule has 0 spiro atoms. The van der Waals surface area contributed by atoms with Crippen LogP contribution in [0.25, 0.3) is 21.8 Å². The lowest BCUT2D eigenvalue weighted by Crippen LogP contribution is -1.90. The standard InChI is InChI=1S/C14H10N2O/c1-9-4-6-15-13-11(9)2-3-12-10(8-17)5-7-16-14(12)13/h2-8H,1H3. The summed E-state index contributed by atoms with van der Waals surface area (Å²) < 4.78 is 0. The van der Waals surface area contributed by atoms with Gasteiger partial charge in [-0.3, -0.25) is 14.8 Å². The molecule has 0 aliphatic rings. The predicted molar refractivity (Wildman–Crippen MR) is 67.2 cm³/mol. The first-order valence-electron chi connectivity index (χ1n) is 5.39. The molecule has 0 N–H and O–H groups in total. The lowest BCUT2D eigenvalue weighted by atomic mass is 10.0. The second-order valence-electron chi connectivity index (χ2n) is 4.00. The topological polar surface area (TPSA) is 42.9 Å². The van der Waals surface area contributed by atoms with E-state index in [4.69, 9.17) is 0 Å². The summed E-state index contributed by atoms with van der Waals surface area (Å²) in [7, 11) is 0. The van der Waals surface area contributed by atoms with E-state index in [-0.39, 0.29) is 0 Å². The van der Waals surface area contributed by atoms with Crippen molar-refractivity contribution in [3.8, 4) is 0 Å². The van der Waals surface area contributed by atoms with Gasteiger partial charge in [0.1, 0.15) is 0 Å². The number of benzene rings is 1. The first-order chi connectivity index (χ1) is 8.31. The lowest BCUT2D eigenvalue weighted by Gasteiger charge is -2.05. The average molecular weight is 222 g/mol. The summed E-state index contributed by atoms with van der Waals surface area (Å²) in [4.78, 5) is 19.7. The van der Waals surface area contributed by atoms with Crippen molar-refractivity contribution in [3.63, 3.8) is 0 Å². The highest BCUT2D eigenvalue weighted by Crippen LogP contribution is 2.25. The number of carbonyl (C=O) groups excluding carboxylic acids is 1. The molecular formula is C14H10N2O. The molecule has 3 aromatic rings. The van der Waals surface area contributed by atoms with Crippen LogP contribution in [0.4, 0.5) is 0 Å². The zero-order valence-electron chi connectivity index (χ0n) is 9.34. The van der Waals surface area contributed by atoms with Crippen molar-refractivity contribution in [2.24, 2.45) is 0 Å². The number of hydrogen-bond donors (Lipinski definition) is 0. The molecule has 1 aromatic carbocycles. The van der Waals surface area contributed by atoms with E-state index in [0.29, 0.717) is 5.56 Å². The molecule has 3 heteroatoms. The Balaban J connectivity index is 2.57. The molecule has 17 heavy (non-hydrogen) atoms. The smallest absolute Gasteiger partial charge is 0.150 e. The van der Waals surface area contributed by atoms with E-state index in [1.807, 2.05) is 25.1 Å². The number of nitrogens with zero attached hydrogens (tertiary/aromatic N) is 2. The summed E-state index contributed by atoms with van der Waals surface area (Å²) in [5.41, 5.74) is 3.46. The third kappa shape index (κ3) is 1.40. The van der Waals surface area contributed by atoms with E-state index in [2.05, 4.69) is 9.97 Å². The van der Waals surface area contributed by atoms with E-state index in [1.165, 1.54) is 0 Å². The molecule has 3 nitrogen and oxygen atoms in total. The van der Waals surface area contributed by atoms with Gasteiger partial charge in [0.15, 0.2) is 6.29 Å². The van der Waals surface area contributed by atoms with Crippen molar-refractivity contribution in [2.75, 3.05) is 0 Å². The second kappa shape index (κ2) is 3.63. The number of pyridine rings is 2. The summed E-state index contributed by atoms with van der Waals surface area (Å²) in [6.45, 7) is 2.04. The van der Waals surface area contributed by atoms with E-state index in [9.17, 15) is 4.79 Å². The van der Waals surface area contributed by atoms with Gasteiger partial charge >= 0.3 is 0 Å². The Labute approximate surface area is 98.1 Å². The van der Waals surface area contributed by atoms with Crippen molar-refractivity contribution >= 4 is 28.1 Å². The first-order valence-corrected chi connectivity index (χ1v) is 5.39. The average Bonchev–Trinajstić information content (AvgIpc) is 2.38. The van der Waals surface area contributed by atoms with Crippen LogP contribution < -0.4 is 0 Å². The van der Waals surface area contributed by atoms with Crippen LogP contribution in [0.3, 0.4) is 0 Å². The number of aldehydes is 1. The zero-order chi connectivity index (χ0) is 11.8. The van der Waals surface area contributed by atoms with Crippen LogP contribution in [0.1, 0.15) is 15.9 Å². The van der Waals surface area contributed by atoms with Gasteiger partial charge in [0.05, 0.1) is 11.0 Å². The minimum atomic E-state index is 0.653. The molecule has 0 saturated carbocycles. The molecule has 0 unspecified atom stereocenters. The van der Waals surface area contributed by atoms with Gasteiger partial charge in [-0.15, -0.1) is 0 Å². The number of aryl methyl sites for hydroxylation is 1. The number of aromatic nitrogens is 2. The molecule has 0 atom stereocenters. The van der Waals surface area contributed by atoms with Crippen LogP contribution in [-0.4, -0.2) is 16.3 Å². The van der Waals surface area contributed by atoms with Crippen LogP contribution >= 0.6 is 0 Å². The molecule has 0 aliphatic heterocycles. The van der Waals surface area contributed by atoms with E-state index in [1.54, 1.807) is 18.5 Å². The zero-order valence-corrected chi connectivity index (χ0v) is 9.34. The Hall–Kier alpha value is -2.29. The quantitative estimate of drug-likeness (QED) is 0.469. The van der Waals surface area contributed by atoms with Gasteiger partial charge in [0, 0.05) is 28.7 Å². The minimum absolute atomic E-state index is 0.653. The summed E-state index contributed by atoms with van der Waals surface area (Å²) >= 11 is 0. The SMILES string of the molecule is Cc1ccnc2c1ccc1c(C=O)ccnc12. The molecule has 0 bridgehead atoms. The third-order valence-corrected chi connectivity index (χ3v) is 3.00. The third-order valence-electron chi connectivity index (χ3n) is 3.00. The van der Waals surface area contributed by atoms with Crippen LogP contribution in [0.5, 0.6) is 0 Å². The summed E-state index contributed by atoms with van der Waals surface area (Å²) in [5, 5.41) is 1.93. The molecule has 0 saturated heterocycles. The Kier molecular flexibility index (Phi) is 2.11. The highest BCUT2D eigenvalue weighted by Gasteiger charge is 2.07. The van der Waals surface area contributed by atoms with Crippen molar-refractivity contribution in [3.05, 3.63) is 47.8 Å². The van der Waals surface area contributed by atoms with Crippen LogP contribution in [0.15, 0.2) is 36.7 Å². The van der Waals surface area contributed by atoms with Gasteiger partial charge in [0.25, 0.3) is 0 Å². The number of rotatable bonds is 1. The molecule has 0 radical (unpaired) electrons. The minimum Gasteiger partial charge on any atom is -0.298 e. The normalized spacial score (nSPS) is 10.9. The Morgan fingerprint density at radius 2 is 1.59 bits per heavy atom. The largest absolute Gasteiger partial charge is 0.298 e. The lowest BCUT2D eigenvalue weighted by molar-refractivity contribution is 0.112. The molecule has 2 aromatic heterocycles. The Bertz CT molecular complexity index is 735. The van der Waals surface area contributed by atoms with Gasteiger partial charge in [-0.05, 0) is 24.6 Å². The van der Waals surface area contributed by atoms with Gasteiger partial charge in [-0.2, -0.15) is 0 Å². The van der Waals surface area contributed by atoms with Crippen molar-refractivity contribution < 1.29 is 4.79 Å². The van der Waals surface area contributed by atoms with E-state index in [0.717, 1.165) is 33.7 Å². The van der Waals surface area contributed by atoms with Crippen LogP contribution in [0, 0.1) is 6.92 Å². The maximum atomic E-state index is 11.0. The number of carbonyl (C=O) groups is 1. The van der Waals surface area contributed by atoms with Crippen molar-refractivity contribution in [1.82, 2.24) is 9.97 Å². The molecule has 0 amide bonds. The van der Waals surface area contributed by atoms with Crippen molar-refractivity contribution in [2.45, 2.75) is 6.92 Å². The van der Waals surface area contributed by atoms with Crippen molar-refractivity contribution in [1.29, 1.82) is 0 Å². The highest BCUT2D eigenvalue weighted by atomic mass is 16.1. The molecule has 0 fully saturated rings. The first kappa shape index (κ1) is 9.90. The molecule has 2 heterocycles. The second-order valence-corrected chi connectivity index (χ2v) is 4.00. The Morgan fingerprint density at radius 1 is 0.941 bits per heavy atom. The van der Waals surface area contributed by atoms with Gasteiger partial charge < -0.3 is 0 Å². The molecular weight excluding hydrogens is 212 g/mol. The van der Waals surface area contributed by atoms with E-state index >= 15 is 0 Å². The van der Waals surface area contributed by atoms with Gasteiger partial charge in [-0.1, -0.05) is 12.1 Å². The van der Waals surface area contributed by atoms with Gasteiger partial charge in [-0.25, -0.2) is 0 Å². The molecule has 82 valence electrons. The number of fused-ring (bicyclic) bond motifs is 3. The van der Waals surface area contributed by atoms with Crippen LogP contribution in [-0.2, 0) is 0 Å². The maximum absolute atomic E-state index is 11.0. The predicted octanol–water partition coefficient (Wildman–Crippen LogP) is 2.90. The summed E-state index contributed by atoms with van der Waals surface area (Å²) in [6, 6.07) is 7.62. The fraction of sp³-hybridized carbons (Fsp3) is 0.0714. The molecule has 3 rings (SSSR count). The van der Waals surface area contributed by atoms with Gasteiger partial charge in [0.2, 0.25) is 0 Å². The highest BCUT2D eigenvalue weighted by molar-refractivity contribution is 6.08. The molecule has 0 aliphatic carbocycles. The summed E-state index contributed by atoms with van der Waals surface area (Å²) in [5.74, 6) is 0. The monoisotopic (exact) mass is 222 g/mol. The summed E-state index contributed by atoms with van der Waals surface area (Å²) in [6.07, 6.45) is 4.27. The number of hydrogen-bond acceptors (Lipinski definition) is 3. The Morgan fingerprint density at radius 3 is 2.35 bits per heavy atom. The van der Waals surface area contributed by atoms with E-state index < -0.39 is 0 Å².